The van der Waals surface area contributed by atoms with Crippen LogP contribution < -0.4 is 17.0 Å². The number of aryl methyl sites for hydroxylation is 1. The molecule has 2 fully saturated rings. The number of rotatable bonds is 8. The highest BCUT2D eigenvalue weighted by Gasteiger charge is 2.39. The summed E-state index contributed by atoms with van der Waals surface area (Å²) in [6, 6.07) is 0. The summed E-state index contributed by atoms with van der Waals surface area (Å²) in [5.41, 5.74) is 5.08. The lowest BCUT2D eigenvalue weighted by Crippen LogP contribution is -2.29. The van der Waals surface area contributed by atoms with Crippen molar-refractivity contribution in [3.63, 3.8) is 0 Å². The lowest BCUT2D eigenvalue weighted by atomic mass is 10.2. The highest BCUT2D eigenvalue weighted by Crippen LogP contribution is 2.42. The summed E-state index contributed by atoms with van der Waals surface area (Å²) < 4.78 is 26.7. The molecule has 3 unspecified atom stereocenters. The van der Waals surface area contributed by atoms with Gasteiger partial charge in [-0.2, -0.15) is 4.98 Å². The topological polar surface area (TPSA) is 215 Å². The Morgan fingerprint density at radius 3 is 2.68 bits per heavy atom. The molecule has 2 aliphatic heterocycles. The van der Waals surface area contributed by atoms with Crippen molar-refractivity contribution in [2.24, 2.45) is 0 Å². The molecule has 3 aromatic heterocycles. The smallest absolute Gasteiger partial charge is 0.354 e. The maximum atomic E-state index is 12.2. The second-order valence-corrected chi connectivity index (χ2v) is 8.99. The Morgan fingerprint density at radius 2 is 1.92 bits per heavy atom. The predicted octanol–water partition coefficient (Wildman–Crippen LogP) is -2.42. The lowest BCUT2D eigenvalue weighted by Gasteiger charge is -2.27. The van der Waals surface area contributed by atoms with E-state index in [-0.39, 0.29) is 36.7 Å². The van der Waals surface area contributed by atoms with Crippen molar-refractivity contribution in [3.8, 4) is 0 Å². The number of fused-ring (bicyclic) bond motifs is 1. The van der Waals surface area contributed by atoms with Crippen molar-refractivity contribution in [2.45, 2.75) is 56.6 Å². The Balaban J connectivity index is 1.19. The van der Waals surface area contributed by atoms with Gasteiger partial charge in [-0.3, -0.25) is 13.9 Å². The van der Waals surface area contributed by atoms with E-state index in [1.807, 2.05) is 0 Å². The first-order chi connectivity index (χ1) is 17.7. The number of aromatic nitrogens is 7. The van der Waals surface area contributed by atoms with Gasteiger partial charge in [0, 0.05) is 20.4 Å². The molecule has 2 aliphatic rings. The van der Waals surface area contributed by atoms with Crippen molar-refractivity contribution in [3.05, 3.63) is 39.3 Å². The van der Waals surface area contributed by atoms with Crippen LogP contribution in [0.4, 0.5) is 5.95 Å². The van der Waals surface area contributed by atoms with E-state index in [1.165, 1.54) is 17.2 Å². The highest BCUT2D eigenvalue weighted by molar-refractivity contribution is 7.74. The summed E-state index contributed by atoms with van der Waals surface area (Å²) in [5.74, 6) is 0.320. The number of hydrogen-bond donors (Lipinski definition) is 4. The second-order valence-electron chi connectivity index (χ2n) is 8.37. The molecule has 0 radical (unpaired) electrons. The fraction of sp³-hybridized carbons (Fsp3) is 0.579. The Morgan fingerprint density at radius 1 is 1.19 bits per heavy atom. The van der Waals surface area contributed by atoms with Crippen LogP contribution in [0.2, 0.25) is 0 Å². The average Bonchev–Trinajstić information content (AvgIpc) is 3.54. The summed E-state index contributed by atoms with van der Waals surface area (Å²) in [6.07, 6.45) is -0.480. The van der Waals surface area contributed by atoms with Crippen molar-refractivity contribution >= 4 is 32.9 Å². The van der Waals surface area contributed by atoms with Crippen molar-refractivity contribution in [1.29, 1.82) is 0 Å². The van der Waals surface area contributed by atoms with E-state index in [0.29, 0.717) is 17.9 Å². The molecule has 7 atom stereocenters. The Hall–Kier alpha value is -2.79. The minimum absolute atomic E-state index is 0.0797. The van der Waals surface area contributed by atoms with Crippen LogP contribution in [0.25, 0.3) is 11.2 Å². The third kappa shape index (κ3) is 5.29. The number of nitrogens with two attached hydrogens (primary N) is 1. The lowest BCUT2D eigenvalue weighted by molar-refractivity contribution is -0.0473. The molecule has 5 rings (SSSR count). The molecule has 0 aliphatic carbocycles. The zero-order valence-electron chi connectivity index (χ0n) is 19.0. The molecule has 18 heteroatoms. The number of anilines is 1. The summed E-state index contributed by atoms with van der Waals surface area (Å²) in [5, 5.41) is 20.3. The van der Waals surface area contributed by atoms with Crippen molar-refractivity contribution in [2.75, 3.05) is 18.9 Å². The minimum atomic E-state index is -1.20. The number of aliphatic hydroxyl groups excluding tert-OH is 2. The van der Waals surface area contributed by atoms with Crippen LogP contribution in [-0.2, 0) is 18.5 Å². The highest BCUT2D eigenvalue weighted by atomic mass is 31.2. The average molecular weight is 537 g/mol. The van der Waals surface area contributed by atoms with Crippen LogP contribution in [0.5, 0.6) is 0 Å². The molecular formula is C19H27BN8O8P-. The molecule has 0 bridgehead atoms. The Labute approximate surface area is 211 Å². The molecule has 0 amide bonds. The van der Waals surface area contributed by atoms with Gasteiger partial charge in [-0.15, -0.1) is 0 Å². The summed E-state index contributed by atoms with van der Waals surface area (Å²) in [6.45, 7) is 1.51. The molecule has 5 N–H and O–H groups in total. The third-order valence-corrected chi connectivity index (χ3v) is 6.56. The van der Waals surface area contributed by atoms with Crippen molar-refractivity contribution in [1.82, 2.24) is 34.1 Å². The van der Waals surface area contributed by atoms with Gasteiger partial charge in [0.15, 0.2) is 11.2 Å². The normalized spacial score (nSPS) is 28.8. The molecule has 2 saturated heterocycles. The van der Waals surface area contributed by atoms with Gasteiger partial charge in [0.2, 0.25) is 5.95 Å². The Kier molecular flexibility index (Phi) is 7.36. The zero-order valence-corrected chi connectivity index (χ0v) is 19.9. The standard InChI is InChI=1S/C19H27BN8O8P/c1-8-24-16-15(17(31)25-8)22-6-27(16)14-3-10(11(4-29)34-14)36-37(20)33-5-12-9(30)2-13(35-12)28-7-23-18(21)26-19(28)32/h6-7,9-14,29-30H,2-5H2,1,20H3,(H2,21,26,32)(H,24,25,31)/q-1/t9?,10?,11-,12-,13-,14-,37?/m1/s1. The first-order valence-corrected chi connectivity index (χ1v) is 11.8. The number of hydrogen-bond acceptors (Lipinski definition) is 13. The van der Waals surface area contributed by atoms with E-state index in [9.17, 15) is 19.8 Å². The van der Waals surface area contributed by atoms with Crippen LogP contribution >= 0.6 is 8.25 Å². The molecule has 0 aromatic carbocycles. The first kappa shape index (κ1) is 25.8. The number of imidazole rings is 1. The third-order valence-electron chi connectivity index (χ3n) is 5.95. The monoisotopic (exact) mass is 537 g/mol. The van der Waals surface area contributed by atoms with Crippen LogP contribution in [-0.4, -0.2) is 89.5 Å². The summed E-state index contributed by atoms with van der Waals surface area (Å²) in [7, 11) is -1.61. The number of aliphatic hydroxyl groups is 2. The van der Waals surface area contributed by atoms with Crippen LogP contribution in [0.3, 0.4) is 0 Å². The van der Waals surface area contributed by atoms with E-state index < -0.39 is 58.4 Å². The number of nitrogens with zero attached hydrogens (tertiary/aromatic N) is 6. The van der Waals surface area contributed by atoms with Crippen molar-refractivity contribution < 1.29 is 28.7 Å². The SMILES string of the molecule is [BH3-]P(OC[C@H]1O[C@@H](n2cnc(N)nc2=O)CC1O)OC1C[C@H](n2cnc3c(=O)[nH]c(C)nc32)O[C@@H]1CO. The molecular weight excluding hydrogens is 510 g/mol. The van der Waals surface area contributed by atoms with Gasteiger partial charge in [-0.1, -0.05) is 0 Å². The van der Waals surface area contributed by atoms with Crippen LogP contribution in [0, 0.1) is 6.92 Å². The van der Waals surface area contributed by atoms with E-state index >= 15 is 0 Å². The van der Waals surface area contributed by atoms with Crippen LogP contribution in [0.1, 0.15) is 31.1 Å². The number of H-pyrrole nitrogens is 1. The molecule has 200 valence electrons. The fourth-order valence-corrected chi connectivity index (χ4v) is 4.77. The summed E-state index contributed by atoms with van der Waals surface area (Å²) >= 11 is 0. The largest absolute Gasteiger partial charge is 0.394 e. The van der Waals surface area contributed by atoms with Gasteiger partial charge in [0.25, 0.3) is 5.56 Å². The predicted molar refractivity (Wildman–Crippen MR) is 131 cm³/mol. The molecule has 0 spiro atoms. The maximum Gasteiger partial charge on any atom is 0.354 e. The number of nitrogen functional groups attached to an aromatic ring is 1. The van der Waals surface area contributed by atoms with E-state index in [4.69, 9.17) is 24.3 Å². The Bertz CT molecular complexity index is 1390. The maximum absolute atomic E-state index is 12.2. The van der Waals surface area contributed by atoms with Gasteiger partial charge >= 0.3 is 5.69 Å². The number of ether oxygens (including phenoxy) is 2. The number of nitrogens with one attached hydrogen (secondary N) is 1. The van der Waals surface area contributed by atoms with E-state index in [2.05, 4.69) is 24.9 Å². The van der Waals surface area contributed by atoms with E-state index in [0.717, 1.165) is 0 Å². The molecule has 16 nitrogen and oxygen atoms in total. The van der Waals surface area contributed by atoms with Crippen LogP contribution in [0.15, 0.2) is 22.2 Å². The number of aromatic amines is 1. The second kappa shape index (κ2) is 10.5. The quantitative estimate of drug-likeness (QED) is 0.174. The van der Waals surface area contributed by atoms with Gasteiger partial charge < -0.3 is 39.5 Å². The fourth-order valence-electron chi connectivity index (χ4n) is 4.17. The zero-order chi connectivity index (χ0) is 26.3. The van der Waals surface area contributed by atoms with Gasteiger partial charge in [-0.05, 0) is 15.2 Å². The van der Waals surface area contributed by atoms with Gasteiger partial charge in [0.05, 0.1) is 31.7 Å². The first-order valence-electron chi connectivity index (χ1n) is 11.1. The summed E-state index contributed by atoms with van der Waals surface area (Å²) in [4.78, 5) is 42.7. The molecule has 5 heterocycles. The minimum Gasteiger partial charge on any atom is -0.394 e. The van der Waals surface area contributed by atoms with Gasteiger partial charge in [-0.25, -0.2) is 19.7 Å². The molecule has 37 heavy (non-hydrogen) atoms. The van der Waals surface area contributed by atoms with Gasteiger partial charge in [0.1, 0.15) is 36.8 Å². The van der Waals surface area contributed by atoms with E-state index in [1.54, 1.807) is 11.5 Å². The molecule has 3 aromatic rings. The molecule has 0 saturated carbocycles.